The molecule has 6 heteroatoms. The molecule has 4 nitrogen and oxygen atoms in total. The highest BCUT2D eigenvalue weighted by atomic mass is 79.9. The fraction of sp³-hybridized carbons (Fsp3) is 0.364. The van der Waals surface area contributed by atoms with Gasteiger partial charge in [0.15, 0.2) is 17.3 Å². The number of methoxy groups -OCH3 is 2. The number of hydrogen-bond acceptors (Lipinski definition) is 4. The lowest BCUT2D eigenvalue weighted by Crippen LogP contribution is -2.20. The second-order valence-corrected chi connectivity index (χ2v) is 4.09. The lowest BCUT2D eigenvalue weighted by atomic mass is 10.1. The van der Waals surface area contributed by atoms with Crippen LogP contribution in [0, 0.1) is 5.82 Å². The number of likely N-dealkylation sites (N-methyl/N-ethyl adjacent to an activating group) is 1. The number of hydrogen-bond donors (Lipinski definition) is 1. The molecule has 0 spiro atoms. The van der Waals surface area contributed by atoms with E-state index in [0.717, 1.165) is 0 Å². The van der Waals surface area contributed by atoms with E-state index in [4.69, 9.17) is 9.47 Å². The van der Waals surface area contributed by atoms with E-state index >= 15 is 0 Å². The molecule has 0 aromatic heterocycles. The third kappa shape index (κ3) is 2.76. The van der Waals surface area contributed by atoms with Crippen LogP contribution >= 0.6 is 15.9 Å². The van der Waals surface area contributed by atoms with Crippen LogP contribution in [0.5, 0.6) is 11.5 Å². The van der Waals surface area contributed by atoms with Crippen molar-refractivity contribution >= 4 is 21.7 Å². The number of Topliss-reactive ketones (excluding diaryl/α,β-unsaturated/α-hetero) is 1. The van der Waals surface area contributed by atoms with Crippen LogP contribution in [0.1, 0.15) is 10.4 Å². The molecule has 17 heavy (non-hydrogen) atoms. The molecule has 0 radical (unpaired) electrons. The zero-order valence-electron chi connectivity index (χ0n) is 9.77. The molecule has 0 unspecified atom stereocenters. The summed E-state index contributed by atoms with van der Waals surface area (Å²) >= 11 is 3.15. The summed E-state index contributed by atoms with van der Waals surface area (Å²) in [6.45, 7) is 0.0259. The van der Waals surface area contributed by atoms with Crippen molar-refractivity contribution in [2.24, 2.45) is 0 Å². The molecule has 0 aliphatic rings. The average Bonchev–Trinajstić information content (AvgIpc) is 2.28. The van der Waals surface area contributed by atoms with Crippen molar-refractivity contribution in [2.45, 2.75) is 0 Å². The van der Waals surface area contributed by atoms with E-state index in [-0.39, 0.29) is 17.9 Å². The lowest BCUT2D eigenvalue weighted by molar-refractivity contribution is 0.0985. The topological polar surface area (TPSA) is 47.6 Å². The van der Waals surface area contributed by atoms with Gasteiger partial charge in [0.05, 0.1) is 25.2 Å². The van der Waals surface area contributed by atoms with Gasteiger partial charge < -0.3 is 14.8 Å². The fourth-order valence-corrected chi connectivity index (χ4v) is 2.02. The summed E-state index contributed by atoms with van der Waals surface area (Å²) in [6.07, 6.45) is 0. The maximum absolute atomic E-state index is 13.8. The van der Waals surface area contributed by atoms with E-state index in [1.165, 1.54) is 20.3 Å². The zero-order valence-corrected chi connectivity index (χ0v) is 11.4. The number of carbonyl (C=O) groups is 1. The number of benzene rings is 1. The Hall–Kier alpha value is -1.14. The van der Waals surface area contributed by atoms with Gasteiger partial charge in [-0.2, -0.15) is 0 Å². The molecule has 1 N–H and O–H groups in total. The Morgan fingerprint density at radius 3 is 2.47 bits per heavy atom. The maximum atomic E-state index is 13.8. The van der Waals surface area contributed by atoms with Crippen molar-refractivity contribution in [3.8, 4) is 11.5 Å². The van der Waals surface area contributed by atoms with Crippen LogP contribution in [0.4, 0.5) is 4.39 Å². The molecule has 0 fully saturated rings. The van der Waals surface area contributed by atoms with Gasteiger partial charge in [-0.05, 0) is 29.0 Å². The van der Waals surface area contributed by atoms with E-state index in [9.17, 15) is 9.18 Å². The van der Waals surface area contributed by atoms with Gasteiger partial charge in [-0.1, -0.05) is 0 Å². The van der Waals surface area contributed by atoms with Gasteiger partial charge in [-0.3, -0.25) is 4.79 Å². The molecule has 0 amide bonds. The molecule has 0 bridgehead atoms. The zero-order chi connectivity index (χ0) is 13.0. The number of ketones is 1. The first-order valence-electron chi connectivity index (χ1n) is 4.84. The summed E-state index contributed by atoms with van der Waals surface area (Å²) in [5.74, 6) is -0.643. The first kappa shape index (κ1) is 13.9. The molecule has 0 saturated carbocycles. The first-order valence-corrected chi connectivity index (χ1v) is 5.63. The Labute approximate surface area is 107 Å². The average molecular weight is 306 g/mol. The molecule has 0 saturated heterocycles. The normalized spacial score (nSPS) is 10.2. The standard InChI is InChI=1S/C11H13BrFNO3/c1-14-5-8(15)9-7(13)4-6(12)10(16-2)11(9)17-3/h4,14H,5H2,1-3H3. The highest BCUT2D eigenvalue weighted by Crippen LogP contribution is 2.39. The second kappa shape index (κ2) is 5.97. The molecule has 1 aromatic rings. The number of rotatable bonds is 5. The predicted octanol–water partition coefficient (Wildman–Crippen LogP) is 2.01. The van der Waals surface area contributed by atoms with E-state index in [1.807, 2.05) is 0 Å². The van der Waals surface area contributed by atoms with Gasteiger partial charge in [-0.15, -0.1) is 0 Å². The number of nitrogens with one attached hydrogen (secondary N) is 1. The van der Waals surface area contributed by atoms with Gasteiger partial charge >= 0.3 is 0 Å². The quantitative estimate of drug-likeness (QED) is 0.845. The minimum Gasteiger partial charge on any atom is -0.492 e. The highest BCUT2D eigenvalue weighted by molar-refractivity contribution is 9.10. The van der Waals surface area contributed by atoms with Crippen LogP contribution in [0.15, 0.2) is 10.5 Å². The Balaban J connectivity index is 3.41. The van der Waals surface area contributed by atoms with Crippen molar-refractivity contribution in [1.82, 2.24) is 5.32 Å². The molecule has 0 aliphatic carbocycles. The summed E-state index contributed by atoms with van der Waals surface area (Å²) in [4.78, 5) is 11.8. The third-order valence-corrected chi connectivity index (χ3v) is 2.76. The Morgan fingerprint density at radius 1 is 1.41 bits per heavy atom. The first-order chi connectivity index (χ1) is 8.06. The van der Waals surface area contributed by atoms with E-state index in [0.29, 0.717) is 10.2 Å². The molecule has 0 aliphatic heterocycles. The smallest absolute Gasteiger partial charge is 0.183 e. The van der Waals surface area contributed by atoms with Crippen LogP contribution in [0.25, 0.3) is 0 Å². The van der Waals surface area contributed by atoms with Crippen molar-refractivity contribution in [3.05, 3.63) is 21.9 Å². The molecule has 94 valence electrons. The summed E-state index contributed by atoms with van der Waals surface area (Å²) in [6, 6.07) is 1.18. The Morgan fingerprint density at radius 2 is 2.00 bits per heavy atom. The van der Waals surface area contributed by atoms with Crippen molar-refractivity contribution in [2.75, 3.05) is 27.8 Å². The van der Waals surface area contributed by atoms with Crippen molar-refractivity contribution in [3.63, 3.8) is 0 Å². The van der Waals surface area contributed by atoms with E-state index in [1.54, 1.807) is 7.05 Å². The molecule has 1 aromatic carbocycles. The van der Waals surface area contributed by atoms with Crippen LogP contribution in [-0.4, -0.2) is 33.6 Å². The number of halogens is 2. The Bertz CT molecular complexity index is 437. The molecule has 1 rings (SSSR count). The van der Waals surface area contributed by atoms with Gasteiger partial charge in [-0.25, -0.2) is 4.39 Å². The predicted molar refractivity (Wildman–Crippen MR) is 65.5 cm³/mol. The summed E-state index contributed by atoms with van der Waals surface area (Å²) < 4.78 is 24.3. The lowest BCUT2D eigenvalue weighted by Gasteiger charge is -2.14. The minimum absolute atomic E-state index is 0.0259. The molecule has 0 atom stereocenters. The number of ether oxygens (including phenoxy) is 2. The van der Waals surface area contributed by atoms with Crippen molar-refractivity contribution in [1.29, 1.82) is 0 Å². The summed E-state index contributed by atoms with van der Waals surface area (Å²) in [5.41, 5.74) is -0.109. The van der Waals surface area contributed by atoms with Crippen LogP contribution < -0.4 is 14.8 Å². The van der Waals surface area contributed by atoms with Gasteiger partial charge in [0, 0.05) is 0 Å². The van der Waals surface area contributed by atoms with E-state index in [2.05, 4.69) is 21.2 Å². The monoisotopic (exact) mass is 305 g/mol. The molecule has 0 heterocycles. The minimum atomic E-state index is -0.644. The summed E-state index contributed by atoms with van der Waals surface area (Å²) in [5, 5.41) is 2.67. The summed E-state index contributed by atoms with van der Waals surface area (Å²) in [7, 11) is 4.39. The molecular formula is C11H13BrFNO3. The van der Waals surface area contributed by atoms with E-state index < -0.39 is 11.6 Å². The number of carbonyl (C=O) groups excluding carboxylic acids is 1. The Kier molecular flexibility index (Phi) is 4.89. The maximum Gasteiger partial charge on any atom is 0.183 e. The van der Waals surface area contributed by atoms with Crippen LogP contribution in [-0.2, 0) is 0 Å². The highest BCUT2D eigenvalue weighted by Gasteiger charge is 2.23. The third-order valence-electron chi connectivity index (χ3n) is 2.17. The molecular weight excluding hydrogens is 293 g/mol. The van der Waals surface area contributed by atoms with Gasteiger partial charge in [0.1, 0.15) is 11.4 Å². The SMILES string of the molecule is CNCC(=O)c1c(F)cc(Br)c(OC)c1OC. The van der Waals surface area contributed by atoms with Crippen LogP contribution in [0.3, 0.4) is 0 Å². The van der Waals surface area contributed by atoms with Gasteiger partial charge in [0.25, 0.3) is 0 Å². The van der Waals surface area contributed by atoms with Gasteiger partial charge in [0.2, 0.25) is 0 Å². The largest absolute Gasteiger partial charge is 0.492 e. The van der Waals surface area contributed by atoms with Crippen molar-refractivity contribution < 1.29 is 18.7 Å². The second-order valence-electron chi connectivity index (χ2n) is 3.24. The van der Waals surface area contributed by atoms with Crippen LogP contribution in [0.2, 0.25) is 0 Å². The fourth-order valence-electron chi connectivity index (χ4n) is 1.47.